The third kappa shape index (κ3) is 5.19. The Morgan fingerprint density at radius 2 is 1.59 bits per heavy atom. The molecule has 1 aromatic heterocycles. The number of carbonyl (C=O) groups excluding carboxylic acids is 1. The lowest BCUT2D eigenvalue weighted by molar-refractivity contribution is 0.0929. The van der Waals surface area contributed by atoms with Crippen LogP contribution in [0.3, 0.4) is 0 Å². The Balaban J connectivity index is 1.29. The normalized spacial score (nSPS) is 15.5. The topological polar surface area (TPSA) is 53.4 Å². The van der Waals surface area contributed by atoms with E-state index in [1.165, 1.54) is 5.56 Å². The Labute approximate surface area is 191 Å². The summed E-state index contributed by atoms with van der Waals surface area (Å²) >= 11 is 0. The fourth-order valence-electron chi connectivity index (χ4n) is 4.59. The van der Waals surface area contributed by atoms with Crippen LogP contribution in [-0.4, -0.2) is 64.8 Å². The van der Waals surface area contributed by atoms with Gasteiger partial charge in [-0.15, -0.1) is 0 Å². The molecule has 170 valence electrons. The van der Waals surface area contributed by atoms with Crippen molar-refractivity contribution in [3.63, 3.8) is 0 Å². The number of carbonyl (C=O) groups is 1. The van der Waals surface area contributed by atoms with E-state index in [-0.39, 0.29) is 5.91 Å². The van der Waals surface area contributed by atoms with Gasteiger partial charge in [0.05, 0.1) is 11.6 Å². The number of rotatable bonds is 9. The summed E-state index contributed by atoms with van der Waals surface area (Å²) in [6.07, 6.45) is 2.00. The van der Waals surface area contributed by atoms with Gasteiger partial charge in [-0.3, -0.25) is 19.3 Å². The highest BCUT2D eigenvalue weighted by molar-refractivity contribution is 6.04. The number of nitrogens with zero attached hydrogens (tertiary/aromatic N) is 4. The number of aromatic nitrogens is 2. The van der Waals surface area contributed by atoms with Crippen LogP contribution in [0.2, 0.25) is 0 Å². The van der Waals surface area contributed by atoms with Crippen molar-refractivity contribution in [1.29, 1.82) is 0 Å². The fourth-order valence-corrected chi connectivity index (χ4v) is 4.59. The number of nitrogens with one attached hydrogen (secondary N) is 1. The molecule has 1 saturated heterocycles. The van der Waals surface area contributed by atoms with Crippen molar-refractivity contribution in [1.82, 2.24) is 24.9 Å². The van der Waals surface area contributed by atoms with Crippen LogP contribution in [0.25, 0.3) is 10.9 Å². The quantitative estimate of drug-likeness (QED) is 0.555. The number of para-hydroxylation sites is 1. The molecule has 0 unspecified atom stereocenters. The predicted molar refractivity (Wildman–Crippen MR) is 130 cm³/mol. The van der Waals surface area contributed by atoms with E-state index < -0.39 is 0 Å². The molecule has 0 saturated carbocycles. The molecule has 1 N–H and O–H groups in total. The summed E-state index contributed by atoms with van der Waals surface area (Å²) in [5, 5.41) is 8.78. The lowest BCUT2D eigenvalue weighted by Crippen LogP contribution is -2.48. The third-order valence-electron chi connectivity index (χ3n) is 6.54. The first-order valence-electron chi connectivity index (χ1n) is 11.9. The minimum Gasteiger partial charge on any atom is -0.349 e. The van der Waals surface area contributed by atoms with Crippen molar-refractivity contribution in [2.24, 2.45) is 0 Å². The molecule has 1 fully saturated rings. The van der Waals surface area contributed by atoms with Gasteiger partial charge >= 0.3 is 0 Å². The van der Waals surface area contributed by atoms with E-state index in [0.29, 0.717) is 18.3 Å². The van der Waals surface area contributed by atoms with Crippen LogP contribution in [-0.2, 0) is 6.54 Å². The lowest BCUT2D eigenvalue weighted by Gasteiger charge is -2.34. The molecule has 4 rings (SSSR count). The van der Waals surface area contributed by atoms with Crippen LogP contribution < -0.4 is 5.32 Å². The smallest absolute Gasteiger partial charge is 0.272 e. The summed E-state index contributed by atoms with van der Waals surface area (Å²) in [6, 6.07) is 19.0. The third-order valence-corrected chi connectivity index (χ3v) is 6.54. The van der Waals surface area contributed by atoms with Gasteiger partial charge in [0.2, 0.25) is 0 Å². The van der Waals surface area contributed by atoms with Gasteiger partial charge < -0.3 is 5.32 Å². The maximum atomic E-state index is 13.0. The standard InChI is InChI=1S/C26H35N5O/c1-3-22(4-2)31-24-13-9-8-12-23(24)25(28-31)26(32)27-14-15-29-16-18-30(19-17-29)20-21-10-6-5-7-11-21/h5-13,22H,3-4,14-20H2,1-2H3,(H,27,32). The molecule has 1 aliphatic heterocycles. The first-order valence-corrected chi connectivity index (χ1v) is 11.9. The maximum absolute atomic E-state index is 13.0. The highest BCUT2D eigenvalue weighted by Gasteiger charge is 2.21. The first-order chi connectivity index (χ1) is 15.7. The fraction of sp³-hybridized carbons (Fsp3) is 0.462. The largest absolute Gasteiger partial charge is 0.349 e. The predicted octanol–water partition coefficient (Wildman–Crippen LogP) is 3.95. The molecule has 0 aliphatic carbocycles. The van der Waals surface area contributed by atoms with Gasteiger partial charge in [0, 0.05) is 51.2 Å². The van der Waals surface area contributed by atoms with Crippen molar-refractivity contribution < 1.29 is 4.79 Å². The highest BCUT2D eigenvalue weighted by Crippen LogP contribution is 2.25. The van der Waals surface area contributed by atoms with E-state index in [1.807, 2.05) is 22.9 Å². The van der Waals surface area contributed by atoms with Crippen LogP contribution in [0.5, 0.6) is 0 Å². The number of piperazine rings is 1. The molecular formula is C26H35N5O. The van der Waals surface area contributed by atoms with Crippen LogP contribution in [0.4, 0.5) is 0 Å². The Bertz CT molecular complexity index is 1000. The van der Waals surface area contributed by atoms with Crippen molar-refractivity contribution in [3.05, 3.63) is 65.9 Å². The van der Waals surface area contributed by atoms with E-state index in [4.69, 9.17) is 5.10 Å². The van der Waals surface area contributed by atoms with E-state index >= 15 is 0 Å². The number of hydrogen-bond acceptors (Lipinski definition) is 4. The van der Waals surface area contributed by atoms with Crippen LogP contribution in [0, 0.1) is 0 Å². The minimum absolute atomic E-state index is 0.0754. The minimum atomic E-state index is -0.0754. The van der Waals surface area contributed by atoms with Crippen LogP contribution in [0.1, 0.15) is 48.8 Å². The zero-order valence-electron chi connectivity index (χ0n) is 19.3. The summed E-state index contributed by atoms with van der Waals surface area (Å²) < 4.78 is 2.04. The molecule has 1 aliphatic rings. The molecule has 32 heavy (non-hydrogen) atoms. The SMILES string of the molecule is CCC(CC)n1nc(C(=O)NCCN2CCN(Cc3ccccc3)CC2)c2ccccc21. The average molecular weight is 434 g/mol. The molecule has 6 heteroatoms. The summed E-state index contributed by atoms with van der Waals surface area (Å²) in [5.41, 5.74) is 2.95. The average Bonchev–Trinajstić information content (AvgIpc) is 3.21. The molecule has 0 atom stereocenters. The van der Waals surface area contributed by atoms with Crippen molar-refractivity contribution in [3.8, 4) is 0 Å². The van der Waals surface area contributed by atoms with Gasteiger partial charge in [-0.1, -0.05) is 62.4 Å². The van der Waals surface area contributed by atoms with E-state index in [0.717, 1.165) is 63.0 Å². The van der Waals surface area contributed by atoms with Gasteiger partial charge in [0.1, 0.15) is 0 Å². The highest BCUT2D eigenvalue weighted by atomic mass is 16.1. The molecule has 2 heterocycles. The summed E-state index contributed by atoms with van der Waals surface area (Å²) in [6.45, 7) is 11.1. The lowest BCUT2D eigenvalue weighted by atomic mass is 10.1. The second-order valence-electron chi connectivity index (χ2n) is 8.64. The van der Waals surface area contributed by atoms with Crippen molar-refractivity contribution in [2.45, 2.75) is 39.3 Å². The first kappa shape index (κ1) is 22.5. The van der Waals surface area contributed by atoms with E-state index in [2.05, 4.69) is 65.4 Å². The molecule has 0 radical (unpaired) electrons. The Morgan fingerprint density at radius 1 is 0.938 bits per heavy atom. The molecular weight excluding hydrogens is 398 g/mol. The number of amides is 1. The Hall–Kier alpha value is -2.70. The number of benzene rings is 2. The zero-order chi connectivity index (χ0) is 22.3. The molecule has 3 aromatic rings. The second kappa shape index (κ2) is 10.7. The maximum Gasteiger partial charge on any atom is 0.272 e. The molecule has 6 nitrogen and oxygen atoms in total. The van der Waals surface area contributed by atoms with Crippen molar-refractivity contribution >= 4 is 16.8 Å². The molecule has 0 bridgehead atoms. The van der Waals surface area contributed by atoms with Crippen LogP contribution >= 0.6 is 0 Å². The molecule has 0 spiro atoms. The van der Waals surface area contributed by atoms with Crippen molar-refractivity contribution in [2.75, 3.05) is 39.3 Å². The van der Waals surface area contributed by atoms with Gasteiger partial charge in [0.25, 0.3) is 5.91 Å². The Kier molecular flexibility index (Phi) is 7.55. The number of hydrogen-bond donors (Lipinski definition) is 1. The monoisotopic (exact) mass is 433 g/mol. The Morgan fingerprint density at radius 3 is 2.31 bits per heavy atom. The summed E-state index contributed by atoms with van der Waals surface area (Å²) in [4.78, 5) is 17.9. The van der Waals surface area contributed by atoms with Gasteiger partial charge in [-0.05, 0) is 24.5 Å². The van der Waals surface area contributed by atoms with Gasteiger partial charge in [-0.2, -0.15) is 5.10 Å². The van der Waals surface area contributed by atoms with E-state index in [9.17, 15) is 4.79 Å². The summed E-state index contributed by atoms with van der Waals surface area (Å²) in [5.74, 6) is -0.0754. The second-order valence-corrected chi connectivity index (χ2v) is 8.64. The van der Waals surface area contributed by atoms with Gasteiger partial charge in [0.15, 0.2) is 5.69 Å². The number of fused-ring (bicyclic) bond motifs is 1. The summed E-state index contributed by atoms with van der Waals surface area (Å²) in [7, 11) is 0. The van der Waals surface area contributed by atoms with Gasteiger partial charge in [-0.25, -0.2) is 0 Å². The van der Waals surface area contributed by atoms with Crippen LogP contribution in [0.15, 0.2) is 54.6 Å². The zero-order valence-corrected chi connectivity index (χ0v) is 19.3. The van der Waals surface area contributed by atoms with E-state index in [1.54, 1.807) is 0 Å². The molecule has 1 amide bonds. The molecule has 2 aromatic carbocycles.